The van der Waals surface area contributed by atoms with Crippen LogP contribution in [0.1, 0.15) is 0 Å². The van der Waals surface area contributed by atoms with E-state index in [1.54, 1.807) is 31.4 Å². The summed E-state index contributed by atoms with van der Waals surface area (Å²) in [6.45, 7) is -0.174. The first-order chi connectivity index (χ1) is 10.1. The third kappa shape index (κ3) is 3.92. The van der Waals surface area contributed by atoms with Gasteiger partial charge in [-0.15, -0.1) is 0 Å². The quantitative estimate of drug-likeness (QED) is 0.890. The van der Waals surface area contributed by atoms with Crippen LogP contribution in [0, 0.1) is 11.6 Å². The summed E-state index contributed by atoms with van der Waals surface area (Å²) in [5, 5.41) is 5.17. The highest BCUT2D eigenvalue weighted by Gasteiger charge is 2.09. The van der Waals surface area contributed by atoms with Gasteiger partial charge in [-0.05, 0) is 36.4 Å². The predicted octanol–water partition coefficient (Wildman–Crippen LogP) is 3.02. The first-order valence-corrected chi connectivity index (χ1v) is 6.22. The first kappa shape index (κ1) is 14.8. The topological polar surface area (TPSA) is 50.4 Å². The summed E-state index contributed by atoms with van der Waals surface area (Å²) in [7, 11) is 1.55. The van der Waals surface area contributed by atoms with Crippen molar-refractivity contribution in [3.8, 4) is 5.75 Å². The molecule has 0 heterocycles. The fraction of sp³-hybridized carbons (Fsp3) is 0.133. The van der Waals surface area contributed by atoms with Crippen LogP contribution in [0.25, 0.3) is 0 Å². The molecule has 4 nitrogen and oxygen atoms in total. The first-order valence-electron chi connectivity index (χ1n) is 6.22. The van der Waals surface area contributed by atoms with Crippen LogP contribution in [0.5, 0.6) is 5.75 Å². The van der Waals surface area contributed by atoms with E-state index in [2.05, 4.69) is 10.6 Å². The van der Waals surface area contributed by atoms with Crippen LogP contribution in [-0.2, 0) is 4.79 Å². The average Bonchev–Trinajstić information content (AvgIpc) is 2.49. The Morgan fingerprint density at radius 3 is 2.52 bits per heavy atom. The number of amides is 1. The van der Waals surface area contributed by atoms with Crippen LogP contribution in [-0.4, -0.2) is 19.6 Å². The van der Waals surface area contributed by atoms with Crippen LogP contribution in [0.15, 0.2) is 42.5 Å². The average molecular weight is 292 g/mol. The lowest BCUT2D eigenvalue weighted by Crippen LogP contribution is -2.22. The number of carbonyl (C=O) groups is 1. The van der Waals surface area contributed by atoms with Gasteiger partial charge in [0, 0.05) is 5.69 Å². The molecule has 0 aromatic heterocycles. The molecule has 2 aromatic carbocycles. The standard InChI is InChI=1S/C15H14F2N2O2/c1-21-11-7-5-10(6-8-11)19-14(20)9-18-13-4-2-3-12(16)15(13)17/h2-8,18H,9H2,1H3,(H,19,20). The van der Waals surface area contributed by atoms with E-state index in [0.29, 0.717) is 11.4 Å². The predicted molar refractivity (Wildman–Crippen MR) is 76.5 cm³/mol. The molecular formula is C15H14F2N2O2. The lowest BCUT2D eigenvalue weighted by Gasteiger charge is -2.09. The lowest BCUT2D eigenvalue weighted by atomic mass is 10.3. The molecule has 0 unspecified atom stereocenters. The zero-order valence-corrected chi connectivity index (χ0v) is 11.3. The maximum atomic E-state index is 13.4. The van der Waals surface area contributed by atoms with Gasteiger partial charge >= 0.3 is 0 Å². The van der Waals surface area contributed by atoms with Crippen molar-refractivity contribution in [1.29, 1.82) is 0 Å². The molecule has 0 bridgehead atoms. The van der Waals surface area contributed by atoms with Crippen molar-refractivity contribution in [2.75, 3.05) is 24.3 Å². The Balaban J connectivity index is 1.91. The van der Waals surface area contributed by atoms with E-state index in [1.165, 1.54) is 12.1 Å². The lowest BCUT2D eigenvalue weighted by molar-refractivity contribution is -0.114. The number of ether oxygens (including phenoxy) is 1. The molecule has 0 aliphatic heterocycles. The van der Waals surface area contributed by atoms with E-state index in [4.69, 9.17) is 4.74 Å². The third-order valence-electron chi connectivity index (χ3n) is 2.76. The summed E-state index contributed by atoms with van der Waals surface area (Å²) in [5.41, 5.74) is 0.530. The molecule has 2 rings (SSSR count). The van der Waals surface area contributed by atoms with Crippen molar-refractivity contribution in [3.05, 3.63) is 54.1 Å². The maximum absolute atomic E-state index is 13.4. The van der Waals surface area contributed by atoms with Crippen molar-refractivity contribution >= 4 is 17.3 Å². The molecular weight excluding hydrogens is 278 g/mol. The largest absolute Gasteiger partial charge is 0.497 e. The van der Waals surface area contributed by atoms with E-state index in [1.807, 2.05) is 0 Å². The summed E-state index contributed by atoms with van der Waals surface area (Å²) in [6, 6.07) is 10.5. The molecule has 0 saturated heterocycles. The van der Waals surface area contributed by atoms with Gasteiger partial charge < -0.3 is 15.4 Å². The molecule has 0 saturated carbocycles. The Kier molecular flexibility index (Phi) is 4.71. The Morgan fingerprint density at radius 1 is 1.14 bits per heavy atom. The van der Waals surface area contributed by atoms with Crippen LogP contribution in [0.4, 0.5) is 20.2 Å². The molecule has 2 aromatic rings. The highest BCUT2D eigenvalue weighted by atomic mass is 19.2. The van der Waals surface area contributed by atoms with Crippen LogP contribution in [0.3, 0.4) is 0 Å². The molecule has 0 atom stereocenters. The number of methoxy groups -OCH3 is 1. The number of hydrogen-bond acceptors (Lipinski definition) is 3. The second-order valence-corrected chi connectivity index (χ2v) is 4.23. The summed E-state index contributed by atoms with van der Waals surface area (Å²) in [6.07, 6.45) is 0. The van der Waals surface area contributed by atoms with Crippen LogP contribution >= 0.6 is 0 Å². The Morgan fingerprint density at radius 2 is 1.86 bits per heavy atom. The highest BCUT2D eigenvalue weighted by Crippen LogP contribution is 2.17. The van der Waals surface area contributed by atoms with Gasteiger partial charge in [-0.1, -0.05) is 6.07 Å². The number of rotatable bonds is 5. The Bertz CT molecular complexity index is 630. The summed E-state index contributed by atoms with van der Waals surface area (Å²) < 4.78 is 31.4. The van der Waals surface area contributed by atoms with Gasteiger partial charge in [0.2, 0.25) is 5.91 Å². The molecule has 110 valence electrons. The normalized spacial score (nSPS) is 10.0. The second kappa shape index (κ2) is 6.69. The minimum absolute atomic E-state index is 0.0557. The third-order valence-corrected chi connectivity index (χ3v) is 2.76. The van der Waals surface area contributed by atoms with Gasteiger partial charge in [-0.3, -0.25) is 4.79 Å². The Labute approximate surface area is 120 Å². The number of halogens is 2. The van der Waals surface area contributed by atoms with E-state index in [9.17, 15) is 13.6 Å². The molecule has 0 aliphatic rings. The van der Waals surface area contributed by atoms with Crippen LogP contribution in [0.2, 0.25) is 0 Å². The monoisotopic (exact) mass is 292 g/mol. The van der Waals surface area contributed by atoms with Gasteiger partial charge in [0.15, 0.2) is 11.6 Å². The van der Waals surface area contributed by atoms with Gasteiger partial charge in [0.25, 0.3) is 0 Å². The molecule has 0 aliphatic carbocycles. The number of hydrogen-bond donors (Lipinski definition) is 2. The molecule has 0 fully saturated rings. The smallest absolute Gasteiger partial charge is 0.243 e. The highest BCUT2D eigenvalue weighted by molar-refractivity contribution is 5.93. The fourth-order valence-corrected chi connectivity index (χ4v) is 1.70. The zero-order chi connectivity index (χ0) is 15.2. The SMILES string of the molecule is COc1ccc(NC(=O)CNc2cccc(F)c2F)cc1. The molecule has 6 heteroatoms. The van der Waals surface area contributed by atoms with Gasteiger partial charge in [0.1, 0.15) is 5.75 Å². The van der Waals surface area contributed by atoms with E-state index in [0.717, 1.165) is 6.07 Å². The van der Waals surface area contributed by atoms with E-state index < -0.39 is 11.6 Å². The zero-order valence-electron chi connectivity index (χ0n) is 11.3. The molecule has 2 N–H and O–H groups in total. The van der Waals surface area contributed by atoms with Crippen LogP contribution < -0.4 is 15.4 Å². The van der Waals surface area contributed by atoms with E-state index >= 15 is 0 Å². The number of carbonyl (C=O) groups excluding carboxylic acids is 1. The van der Waals surface area contributed by atoms with Crippen molar-refractivity contribution < 1.29 is 18.3 Å². The van der Waals surface area contributed by atoms with Crippen molar-refractivity contribution in [3.63, 3.8) is 0 Å². The van der Waals surface area contributed by atoms with Crippen molar-refractivity contribution in [2.45, 2.75) is 0 Å². The molecule has 21 heavy (non-hydrogen) atoms. The number of nitrogens with one attached hydrogen (secondary N) is 2. The summed E-state index contributed by atoms with van der Waals surface area (Å²) in [5.74, 6) is -1.66. The summed E-state index contributed by atoms with van der Waals surface area (Å²) in [4.78, 5) is 11.7. The van der Waals surface area contributed by atoms with Gasteiger partial charge in [0.05, 0.1) is 19.3 Å². The summed E-state index contributed by atoms with van der Waals surface area (Å²) >= 11 is 0. The Hall–Kier alpha value is -2.63. The maximum Gasteiger partial charge on any atom is 0.243 e. The van der Waals surface area contributed by atoms with E-state index in [-0.39, 0.29) is 18.1 Å². The number of benzene rings is 2. The molecule has 1 amide bonds. The van der Waals surface area contributed by atoms with Crippen molar-refractivity contribution in [2.24, 2.45) is 0 Å². The molecule has 0 spiro atoms. The minimum atomic E-state index is -1.00. The molecule has 0 radical (unpaired) electrons. The van der Waals surface area contributed by atoms with Crippen molar-refractivity contribution in [1.82, 2.24) is 0 Å². The number of anilines is 2. The second-order valence-electron chi connectivity index (χ2n) is 4.23. The van der Waals surface area contributed by atoms with Gasteiger partial charge in [-0.2, -0.15) is 0 Å². The van der Waals surface area contributed by atoms with Gasteiger partial charge in [-0.25, -0.2) is 8.78 Å². The minimum Gasteiger partial charge on any atom is -0.497 e. The fourth-order valence-electron chi connectivity index (χ4n) is 1.70.